The summed E-state index contributed by atoms with van der Waals surface area (Å²) in [6.07, 6.45) is 11.9. The van der Waals surface area contributed by atoms with Gasteiger partial charge in [0.05, 0.1) is 0 Å². The molecule has 0 heterocycles. The summed E-state index contributed by atoms with van der Waals surface area (Å²) in [7, 11) is 0. The summed E-state index contributed by atoms with van der Waals surface area (Å²) in [5.41, 5.74) is 1.20. The average Bonchev–Trinajstić information content (AvgIpc) is 2.30. The monoisotopic (exact) mass is 210 g/mol. The lowest BCUT2D eigenvalue weighted by Gasteiger charge is -2.09. The number of carbonyl (C=O) groups is 1. The van der Waals surface area contributed by atoms with E-state index in [-0.39, 0.29) is 11.7 Å². The minimum absolute atomic E-state index is 0.0383. The zero-order valence-electron chi connectivity index (χ0n) is 9.04. The second-order valence-electron chi connectivity index (χ2n) is 3.83. The van der Waals surface area contributed by atoms with E-state index < -0.39 is 0 Å². The van der Waals surface area contributed by atoms with Gasteiger partial charge >= 0.3 is 0 Å². The Kier molecular flexibility index (Phi) is 3.50. The smallest absolute Gasteiger partial charge is 0.162 e. The van der Waals surface area contributed by atoms with E-state index in [2.05, 4.69) is 12.1 Å². The zero-order valence-corrected chi connectivity index (χ0v) is 9.04. The van der Waals surface area contributed by atoms with E-state index in [1.54, 1.807) is 12.2 Å². The summed E-state index contributed by atoms with van der Waals surface area (Å²) in [5.74, 6) is 0.132. The van der Waals surface area contributed by atoms with Crippen molar-refractivity contribution in [3.8, 4) is 0 Å². The van der Waals surface area contributed by atoms with E-state index in [1.807, 2.05) is 42.5 Å². The third-order valence-corrected chi connectivity index (χ3v) is 2.60. The van der Waals surface area contributed by atoms with E-state index in [0.717, 1.165) is 6.42 Å². The molecule has 1 aromatic rings. The summed E-state index contributed by atoms with van der Waals surface area (Å²) < 4.78 is 0. The maximum absolute atomic E-state index is 11.8. The topological polar surface area (TPSA) is 17.1 Å². The number of benzene rings is 1. The molecule has 1 nitrogen and oxygen atoms in total. The Morgan fingerprint density at radius 3 is 2.50 bits per heavy atom. The van der Waals surface area contributed by atoms with Crippen molar-refractivity contribution in [3.63, 3.8) is 0 Å². The van der Waals surface area contributed by atoms with Gasteiger partial charge < -0.3 is 0 Å². The molecule has 0 saturated heterocycles. The van der Waals surface area contributed by atoms with Crippen LogP contribution in [0.2, 0.25) is 0 Å². The lowest BCUT2D eigenvalue weighted by atomic mass is 9.93. The van der Waals surface area contributed by atoms with E-state index in [0.29, 0.717) is 0 Å². The van der Waals surface area contributed by atoms with Crippen LogP contribution in [0.1, 0.15) is 5.56 Å². The molecule has 16 heavy (non-hydrogen) atoms. The molecule has 1 aliphatic carbocycles. The molecular weight excluding hydrogens is 196 g/mol. The molecule has 0 aliphatic heterocycles. The van der Waals surface area contributed by atoms with Crippen LogP contribution in [-0.4, -0.2) is 5.78 Å². The highest BCUT2D eigenvalue weighted by Gasteiger charge is 2.13. The van der Waals surface area contributed by atoms with Crippen molar-refractivity contribution in [2.45, 2.75) is 6.42 Å². The number of carbonyl (C=O) groups excluding carboxylic acids is 1. The largest absolute Gasteiger partial charge is 0.294 e. The predicted molar refractivity (Wildman–Crippen MR) is 66.1 cm³/mol. The Labute approximate surface area is 95.8 Å². The normalized spacial score (nSPS) is 19.5. The summed E-state index contributed by atoms with van der Waals surface area (Å²) in [6, 6.07) is 10.1. The van der Waals surface area contributed by atoms with Crippen molar-refractivity contribution >= 4 is 5.78 Å². The second kappa shape index (κ2) is 5.26. The van der Waals surface area contributed by atoms with E-state index in [4.69, 9.17) is 0 Å². The Morgan fingerprint density at radius 2 is 1.69 bits per heavy atom. The summed E-state index contributed by atoms with van der Waals surface area (Å²) in [6.45, 7) is 0. The quantitative estimate of drug-likeness (QED) is 0.733. The first-order valence-corrected chi connectivity index (χ1v) is 5.45. The number of hydrogen-bond donors (Lipinski definition) is 0. The van der Waals surface area contributed by atoms with Crippen molar-refractivity contribution in [1.29, 1.82) is 0 Å². The van der Waals surface area contributed by atoms with Crippen LogP contribution in [0.15, 0.2) is 66.8 Å². The fourth-order valence-electron chi connectivity index (χ4n) is 1.73. The van der Waals surface area contributed by atoms with E-state index in [9.17, 15) is 4.79 Å². The Morgan fingerprint density at radius 1 is 0.938 bits per heavy atom. The molecule has 80 valence electrons. The molecule has 1 heteroatoms. The highest BCUT2D eigenvalue weighted by molar-refractivity contribution is 5.93. The van der Waals surface area contributed by atoms with Gasteiger partial charge in [-0.25, -0.2) is 0 Å². The van der Waals surface area contributed by atoms with Crippen molar-refractivity contribution < 1.29 is 4.79 Å². The van der Waals surface area contributed by atoms with Gasteiger partial charge in [0.1, 0.15) is 0 Å². The molecule has 2 rings (SSSR count). The molecule has 0 bridgehead atoms. The van der Waals surface area contributed by atoms with Gasteiger partial charge in [-0.15, -0.1) is 0 Å². The molecule has 1 aromatic carbocycles. The molecule has 0 spiro atoms. The van der Waals surface area contributed by atoms with E-state index >= 15 is 0 Å². The van der Waals surface area contributed by atoms with Crippen LogP contribution in [-0.2, 0) is 11.2 Å². The first-order valence-electron chi connectivity index (χ1n) is 5.45. The minimum Gasteiger partial charge on any atom is -0.294 e. The fraction of sp³-hybridized carbons (Fsp3) is 0.133. The first-order chi connectivity index (χ1) is 7.86. The molecule has 0 radical (unpaired) electrons. The van der Waals surface area contributed by atoms with Gasteiger partial charge in [0, 0.05) is 5.92 Å². The molecule has 0 N–H and O–H groups in total. The maximum Gasteiger partial charge on any atom is 0.162 e. The van der Waals surface area contributed by atoms with Crippen LogP contribution in [0.5, 0.6) is 0 Å². The summed E-state index contributed by atoms with van der Waals surface area (Å²) >= 11 is 0. The molecule has 1 unspecified atom stereocenters. The lowest BCUT2D eigenvalue weighted by molar-refractivity contribution is -0.116. The van der Waals surface area contributed by atoms with Gasteiger partial charge in [0.15, 0.2) is 5.78 Å². The van der Waals surface area contributed by atoms with Crippen molar-refractivity contribution in [2.75, 3.05) is 0 Å². The number of ketones is 1. The molecule has 0 amide bonds. The number of hydrogen-bond acceptors (Lipinski definition) is 1. The first kappa shape index (κ1) is 10.6. The highest BCUT2D eigenvalue weighted by Crippen LogP contribution is 2.13. The number of rotatable bonds is 2. The molecule has 1 atom stereocenters. The molecule has 0 aromatic heterocycles. The Balaban J connectivity index is 2.14. The van der Waals surface area contributed by atoms with Crippen molar-refractivity contribution in [1.82, 2.24) is 0 Å². The standard InChI is InChI=1S/C15H14O/c16-15-11-7-2-1-6-10-14(15)12-13-8-4-3-5-9-13/h1-11,14H,12H2. The molecule has 0 fully saturated rings. The second-order valence-corrected chi connectivity index (χ2v) is 3.83. The average molecular weight is 210 g/mol. The highest BCUT2D eigenvalue weighted by atomic mass is 16.1. The molecular formula is C15H14O. The van der Waals surface area contributed by atoms with Crippen molar-refractivity contribution in [2.24, 2.45) is 5.92 Å². The van der Waals surface area contributed by atoms with Crippen LogP contribution in [0.3, 0.4) is 0 Å². The lowest BCUT2D eigenvalue weighted by Crippen LogP contribution is -2.12. The van der Waals surface area contributed by atoms with Crippen LogP contribution in [0, 0.1) is 5.92 Å². The fourth-order valence-corrected chi connectivity index (χ4v) is 1.73. The minimum atomic E-state index is -0.0383. The maximum atomic E-state index is 11.8. The van der Waals surface area contributed by atoms with Crippen LogP contribution < -0.4 is 0 Å². The van der Waals surface area contributed by atoms with E-state index in [1.165, 1.54) is 5.56 Å². The summed E-state index contributed by atoms with van der Waals surface area (Å²) in [5, 5.41) is 0. The van der Waals surface area contributed by atoms with Crippen LogP contribution in [0.4, 0.5) is 0 Å². The van der Waals surface area contributed by atoms with Gasteiger partial charge in [-0.3, -0.25) is 4.79 Å². The van der Waals surface area contributed by atoms with Gasteiger partial charge in [0.2, 0.25) is 0 Å². The summed E-state index contributed by atoms with van der Waals surface area (Å²) in [4.78, 5) is 11.8. The van der Waals surface area contributed by atoms with Crippen LogP contribution >= 0.6 is 0 Å². The number of allylic oxidation sites excluding steroid dienone is 6. The van der Waals surface area contributed by atoms with Crippen LogP contribution in [0.25, 0.3) is 0 Å². The van der Waals surface area contributed by atoms with Gasteiger partial charge in [-0.2, -0.15) is 0 Å². The molecule has 1 aliphatic rings. The third-order valence-electron chi connectivity index (χ3n) is 2.60. The van der Waals surface area contributed by atoms with Crippen molar-refractivity contribution in [3.05, 3.63) is 72.4 Å². The predicted octanol–water partition coefficient (Wildman–Crippen LogP) is 3.10. The Bertz CT molecular complexity index is 438. The Hall–Kier alpha value is -1.89. The third kappa shape index (κ3) is 2.80. The zero-order chi connectivity index (χ0) is 11.2. The van der Waals surface area contributed by atoms with Gasteiger partial charge in [-0.1, -0.05) is 60.7 Å². The van der Waals surface area contributed by atoms with Gasteiger partial charge in [0.25, 0.3) is 0 Å². The van der Waals surface area contributed by atoms with Gasteiger partial charge in [-0.05, 0) is 18.1 Å². The SMILES string of the molecule is O=C1C=CC=CC=CC1Cc1ccccc1. The molecule has 0 saturated carbocycles.